The van der Waals surface area contributed by atoms with E-state index in [1.165, 1.54) is 0 Å². The molecule has 0 atom stereocenters. The summed E-state index contributed by atoms with van der Waals surface area (Å²) >= 11 is 5.41. The molecule has 0 saturated heterocycles. The van der Waals surface area contributed by atoms with Crippen LogP contribution in [0.25, 0.3) is 0 Å². The summed E-state index contributed by atoms with van der Waals surface area (Å²) in [6, 6.07) is 0. The molecule has 0 radical (unpaired) electrons. The van der Waals surface area contributed by atoms with Gasteiger partial charge in [0.15, 0.2) is 0 Å². The fourth-order valence-electron chi connectivity index (χ4n) is 0.728. The molecule has 0 amide bonds. The zero-order valence-electron chi connectivity index (χ0n) is 8.34. The van der Waals surface area contributed by atoms with Gasteiger partial charge >= 0.3 is 0 Å². The van der Waals surface area contributed by atoms with Crippen LogP contribution < -0.4 is 0 Å². The number of hydrogen-bond acceptors (Lipinski definition) is 3. The smallest absolute Gasteiger partial charge is 0.0701 e. The molecule has 0 saturated carbocycles. The molecule has 0 aromatic carbocycles. The van der Waals surface area contributed by atoms with Gasteiger partial charge in [-0.15, -0.1) is 23.9 Å². The van der Waals surface area contributed by atoms with Crippen LogP contribution in [-0.4, -0.2) is 45.5 Å². The normalized spacial score (nSPS) is 10.0. The topological polar surface area (TPSA) is 27.7 Å². The van der Waals surface area contributed by atoms with Crippen LogP contribution in [0.4, 0.5) is 0 Å². The van der Waals surface area contributed by atoms with E-state index < -0.39 is 0 Å². The molecule has 0 aliphatic rings. The maximum absolute atomic E-state index is 5.41. The van der Waals surface area contributed by atoms with Crippen molar-refractivity contribution in [2.45, 2.75) is 6.42 Å². The zero-order valence-corrected chi connectivity index (χ0v) is 9.09. The summed E-state index contributed by atoms with van der Waals surface area (Å²) in [7, 11) is 0. The van der Waals surface area contributed by atoms with Crippen molar-refractivity contribution in [3.8, 4) is 12.3 Å². The highest BCUT2D eigenvalue weighted by atomic mass is 35.5. The number of alkyl halides is 1. The number of rotatable bonds is 10. The van der Waals surface area contributed by atoms with E-state index in [-0.39, 0.29) is 0 Å². The van der Waals surface area contributed by atoms with Crippen LogP contribution in [0.3, 0.4) is 0 Å². The van der Waals surface area contributed by atoms with E-state index in [1.54, 1.807) is 0 Å². The highest BCUT2D eigenvalue weighted by molar-refractivity contribution is 6.17. The van der Waals surface area contributed by atoms with Crippen molar-refractivity contribution in [2.24, 2.45) is 0 Å². The van der Waals surface area contributed by atoms with Crippen molar-refractivity contribution in [2.75, 3.05) is 45.5 Å². The Bertz CT molecular complexity index is 145. The molecule has 0 heterocycles. The second-order valence-corrected chi connectivity index (χ2v) is 2.86. The third-order valence-corrected chi connectivity index (χ3v) is 1.51. The molecule has 0 bridgehead atoms. The van der Waals surface area contributed by atoms with Crippen molar-refractivity contribution in [1.82, 2.24) is 0 Å². The van der Waals surface area contributed by atoms with Gasteiger partial charge in [-0.2, -0.15) is 0 Å². The van der Waals surface area contributed by atoms with Gasteiger partial charge in [0.25, 0.3) is 0 Å². The SMILES string of the molecule is C#CCCOCCOCCOCCCl. The second-order valence-electron chi connectivity index (χ2n) is 2.48. The van der Waals surface area contributed by atoms with Gasteiger partial charge in [-0.25, -0.2) is 0 Å². The lowest BCUT2D eigenvalue weighted by Gasteiger charge is -2.04. The van der Waals surface area contributed by atoms with Crippen molar-refractivity contribution >= 4 is 11.6 Å². The fraction of sp³-hybridized carbons (Fsp3) is 0.800. The van der Waals surface area contributed by atoms with E-state index in [1.807, 2.05) is 0 Å². The minimum Gasteiger partial charge on any atom is -0.378 e. The van der Waals surface area contributed by atoms with Crippen LogP contribution in [-0.2, 0) is 14.2 Å². The fourth-order valence-corrected chi connectivity index (χ4v) is 0.837. The third-order valence-electron chi connectivity index (χ3n) is 1.36. The predicted octanol–water partition coefficient (Wildman–Crippen LogP) is 1.30. The van der Waals surface area contributed by atoms with Gasteiger partial charge in [-0.3, -0.25) is 0 Å². The van der Waals surface area contributed by atoms with Crippen LogP contribution in [0.5, 0.6) is 0 Å². The van der Waals surface area contributed by atoms with Gasteiger partial charge in [-0.05, 0) is 0 Å². The van der Waals surface area contributed by atoms with Crippen LogP contribution in [0.1, 0.15) is 6.42 Å². The van der Waals surface area contributed by atoms with E-state index in [2.05, 4.69) is 5.92 Å². The summed E-state index contributed by atoms with van der Waals surface area (Å²) in [5, 5.41) is 0. The summed E-state index contributed by atoms with van der Waals surface area (Å²) in [5.41, 5.74) is 0. The zero-order chi connectivity index (χ0) is 10.5. The average Bonchev–Trinajstić information content (AvgIpc) is 2.21. The van der Waals surface area contributed by atoms with Crippen LogP contribution >= 0.6 is 11.6 Å². The van der Waals surface area contributed by atoms with E-state index >= 15 is 0 Å². The quantitative estimate of drug-likeness (QED) is 0.316. The van der Waals surface area contributed by atoms with Crippen LogP contribution in [0.15, 0.2) is 0 Å². The van der Waals surface area contributed by atoms with Crippen molar-refractivity contribution in [3.05, 3.63) is 0 Å². The highest BCUT2D eigenvalue weighted by Crippen LogP contribution is 1.83. The molecule has 0 aliphatic heterocycles. The Kier molecular flexibility index (Phi) is 12.5. The molecule has 0 aromatic rings. The van der Waals surface area contributed by atoms with Gasteiger partial charge < -0.3 is 14.2 Å². The molecule has 0 spiro atoms. The minimum absolute atomic E-state index is 0.523. The lowest BCUT2D eigenvalue weighted by molar-refractivity contribution is 0.0184. The lowest BCUT2D eigenvalue weighted by Crippen LogP contribution is -2.10. The molecule has 3 nitrogen and oxygen atoms in total. The molecule has 0 aliphatic carbocycles. The molecule has 0 fully saturated rings. The number of ether oxygens (including phenoxy) is 3. The Morgan fingerprint density at radius 3 is 1.86 bits per heavy atom. The first-order valence-corrected chi connectivity index (χ1v) is 5.18. The van der Waals surface area contributed by atoms with E-state index in [4.69, 9.17) is 32.2 Å². The van der Waals surface area contributed by atoms with Gasteiger partial charge in [0, 0.05) is 12.3 Å². The summed E-state index contributed by atoms with van der Waals surface area (Å²) < 4.78 is 15.5. The molecule has 0 rings (SSSR count). The monoisotopic (exact) mass is 220 g/mol. The summed E-state index contributed by atoms with van der Waals surface area (Å²) in [5.74, 6) is 3.02. The molecular weight excluding hydrogens is 204 g/mol. The van der Waals surface area contributed by atoms with Crippen molar-refractivity contribution in [3.63, 3.8) is 0 Å². The molecular formula is C10H17ClO3. The molecule has 0 N–H and O–H groups in total. The van der Waals surface area contributed by atoms with E-state index in [9.17, 15) is 0 Å². The highest BCUT2D eigenvalue weighted by Gasteiger charge is 1.90. The number of hydrogen-bond donors (Lipinski definition) is 0. The molecule has 4 heteroatoms. The molecule has 14 heavy (non-hydrogen) atoms. The van der Waals surface area contributed by atoms with Crippen LogP contribution in [0, 0.1) is 12.3 Å². The van der Waals surface area contributed by atoms with Gasteiger partial charge in [0.2, 0.25) is 0 Å². The predicted molar refractivity (Wildman–Crippen MR) is 56.6 cm³/mol. The summed E-state index contributed by atoms with van der Waals surface area (Å²) in [6.45, 7) is 3.49. The first kappa shape index (κ1) is 13.7. The number of terminal acetylenes is 1. The first-order valence-electron chi connectivity index (χ1n) is 4.64. The third kappa shape index (κ3) is 11.7. The van der Waals surface area contributed by atoms with Gasteiger partial charge in [0.05, 0.1) is 39.6 Å². The second kappa shape index (κ2) is 12.7. The maximum Gasteiger partial charge on any atom is 0.0701 e. The molecule has 82 valence electrons. The van der Waals surface area contributed by atoms with Crippen molar-refractivity contribution < 1.29 is 14.2 Å². The molecule has 0 aromatic heterocycles. The lowest BCUT2D eigenvalue weighted by atomic mass is 10.5. The summed E-state index contributed by atoms with van der Waals surface area (Å²) in [6.07, 6.45) is 5.70. The summed E-state index contributed by atoms with van der Waals surface area (Å²) in [4.78, 5) is 0. The van der Waals surface area contributed by atoms with Crippen molar-refractivity contribution in [1.29, 1.82) is 0 Å². The Balaban J connectivity index is 2.82. The van der Waals surface area contributed by atoms with E-state index in [0.717, 1.165) is 0 Å². The largest absolute Gasteiger partial charge is 0.378 e. The van der Waals surface area contributed by atoms with Gasteiger partial charge in [0.1, 0.15) is 0 Å². The van der Waals surface area contributed by atoms with E-state index in [0.29, 0.717) is 51.9 Å². The Hall–Kier alpha value is -0.270. The minimum atomic E-state index is 0.523. The van der Waals surface area contributed by atoms with Gasteiger partial charge in [-0.1, -0.05) is 0 Å². The Labute approximate surface area is 90.7 Å². The van der Waals surface area contributed by atoms with Crippen LogP contribution in [0.2, 0.25) is 0 Å². The Morgan fingerprint density at radius 1 is 0.857 bits per heavy atom. The maximum atomic E-state index is 5.41. The standard InChI is InChI=1S/C10H17ClO3/c1-2-3-5-12-7-9-14-10-8-13-6-4-11/h1H,3-10H2. The first-order chi connectivity index (χ1) is 6.91. The Morgan fingerprint density at radius 2 is 1.36 bits per heavy atom. The average molecular weight is 221 g/mol. The number of halogens is 1. The molecule has 0 unspecified atom stereocenters.